The highest BCUT2D eigenvalue weighted by atomic mass is 16.7. The third-order valence-electron chi connectivity index (χ3n) is 4.55. The molecule has 0 amide bonds. The molecule has 0 bridgehead atoms. The smallest absolute Gasteiger partial charge is 0.186 e. The van der Waals surface area contributed by atoms with Crippen molar-refractivity contribution in [2.75, 3.05) is 6.61 Å². The van der Waals surface area contributed by atoms with Crippen LogP contribution in [0, 0.1) is 5.92 Å². The number of hydrogen-bond donors (Lipinski definition) is 4. The Labute approximate surface area is 133 Å². The molecule has 132 valence electrons. The Bertz CT molecular complexity index is 298. The van der Waals surface area contributed by atoms with Crippen molar-refractivity contribution < 1.29 is 29.9 Å². The van der Waals surface area contributed by atoms with Gasteiger partial charge in [0.15, 0.2) is 6.29 Å². The number of hydrogen-bond acceptors (Lipinski definition) is 6. The van der Waals surface area contributed by atoms with Gasteiger partial charge in [0, 0.05) is 0 Å². The van der Waals surface area contributed by atoms with E-state index in [0.717, 1.165) is 32.1 Å². The first-order chi connectivity index (χ1) is 10.4. The number of ether oxygens (including phenoxy) is 2. The summed E-state index contributed by atoms with van der Waals surface area (Å²) >= 11 is 0. The predicted octanol–water partition coefficient (Wildman–Crippen LogP) is 0.798. The fourth-order valence-corrected chi connectivity index (χ4v) is 2.64. The lowest BCUT2D eigenvalue weighted by atomic mass is 9.98. The van der Waals surface area contributed by atoms with E-state index in [1.165, 1.54) is 0 Å². The summed E-state index contributed by atoms with van der Waals surface area (Å²) in [7, 11) is 0. The van der Waals surface area contributed by atoms with Gasteiger partial charge >= 0.3 is 0 Å². The van der Waals surface area contributed by atoms with Gasteiger partial charge in [0.2, 0.25) is 0 Å². The Morgan fingerprint density at radius 3 is 2.23 bits per heavy atom. The zero-order valence-corrected chi connectivity index (χ0v) is 13.9. The zero-order chi connectivity index (χ0) is 16.7. The number of aliphatic hydroxyl groups is 4. The Hall–Kier alpha value is -0.240. The van der Waals surface area contributed by atoms with Gasteiger partial charge in [-0.05, 0) is 18.8 Å². The molecule has 4 N–H and O–H groups in total. The van der Waals surface area contributed by atoms with Crippen LogP contribution >= 0.6 is 0 Å². The first-order valence-electron chi connectivity index (χ1n) is 8.40. The van der Waals surface area contributed by atoms with Crippen LogP contribution in [-0.4, -0.2) is 63.8 Å². The summed E-state index contributed by atoms with van der Waals surface area (Å²) < 4.78 is 11.1. The van der Waals surface area contributed by atoms with E-state index in [4.69, 9.17) is 9.47 Å². The normalized spacial score (nSPS) is 35.3. The molecule has 1 fully saturated rings. The highest BCUT2D eigenvalue weighted by Crippen LogP contribution is 2.25. The minimum Gasteiger partial charge on any atom is -0.394 e. The summed E-state index contributed by atoms with van der Waals surface area (Å²) in [5.74, 6) is 0.685. The van der Waals surface area contributed by atoms with Crippen molar-refractivity contribution in [3.63, 3.8) is 0 Å². The lowest BCUT2D eigenvalue weighted by molar-refractivity contribution is -0.311. The van der Waals surface area contributed by atoms with E-state index >= 15 is 0 Å². The second-order valence-corrected chi connectivity index (χ2v) is 6.31. The summed E-state index contributed by atoms with van der Waals surface area (Å²) in [6.45, 7) is 5.96. The van der Waals surface area contributed by atoms with Crippen LogP contribution in [0.25, 0.3) is 0 Å². The lowest BCUT2D eigenvalue weighted by Gasteiger charge is -2.40. The topological polar surface area (TPSA) is 99.4 Å². The minimum atomic E-state index is -1.38. The van der Waals surface area contributed by atoms with E-state index in [2.05, 4.69) is 13.8 Å². The molecule has 0 saturated carbocycles. The highest BCUT2D eigenvalue weighted by molar-refractivity contribution is 4.89. The molecule has 1 aliphatic heterocycles. The monoisotopic (exact) mass is 320 g/mol. The fraction of sp³-hybridized carbons (Fsp3) is 1.00. The molecule has 0 radical (unpaired) electrons. The molecule has 0 aromatic carbocycles. The quantitative estimate of drug-likeness (QED) is 0.501. The van der Waals surface area contributed by atoms with Crippen LogP contribution in [0.2, 0.25) is 0 Å². The first-order valence-corrected chi connectivity index (χ1v) is 8.40. The lowest BCUT2D eigenvalue weighted by Crippen LogP contribution is -2.59. The van der Waals surface area contributed by atoms with Gasteiger partial charge in [-0.2, -0.15) is 0 Å². The Kier molecular flexibility index (Phi) is 8.82. The highest BCUT2D eigenvalue weighted by Gasteiger charge is 2.44. The van der Waals surface area contributed by atoms with E-state index in [1.54, 1.807) is 0 Å². The summed E-state index contributed by atoms with van der Waals surface area (Å²) in [6.07, 6.45) is -1.11. The molecule has 1 aliphatic rings. The SMILES string of the molecule is CCC(C)CCCC(CC)OC1O[C@H](CO)[C@@H](O)[C@H](O)[C@H]1O. The van der Waals surface area contributed by atoms with Crippen molar-refractivity contribution in [3.05, 3.63) is 0 Å². The van der Waals surface area contributed by atoms with Gasteiger partial charge in [-0.15, -0.1) is 0 Å². The van der Waals surface area contributed by atoms with Gasteiger partial charge in [0.25, 0.3) is 0 Å². The van der Waals surface area contributed by atoms with E-state index < -0.39 is 37.3 Å². The molecule has 0 aromatic heterocycles. The maximum absolute atomic E-state index is 9.98. The maximum atomic E-state index is 9.98. The zero-order valence-electron chi connectivity index (χ0n) is 13.9. The van der Waals surface area contributed by atoms with E-state index in [-0.39, 0.29) is 6.10 Å². The van der Waals surface area contributed by atoms with E-state index in [9.17, 15) is 20.4 Å². The molecule has 6 heteroatoms. The van der Waals surface area contributed by atoms with Gasteiger partial charge in [-0.1, -0.05) is 40.0 Å². The van der Waals surface area contributed by atoms with Gasteiger partial charge in [0.05, 0.1) is 12.7 Å². The van der Waals surface area contributed by atoms with Crippen molar-refractivity contribution in [2.24, 2.45) is 5.92 Å². The van der Waals surface area contributed by atoms with Crippen LogP contribution in [-0.2, 0) is 9.47 Å². The molecule has 1 saturated heterocycles. The van der Waals surface area contributed by atoms with Crippen LogP contribution in [0.5, 0.6) is 0 Å². The van der Waals surface area contributed by atoms with Crippen molar-refractivity contribution in [1.29, 1.82) is 0 Å². The molecule has 22 heavy (non-hydrogen) atoms. The molecule has 1 heterocycles. The predicted molar refractivity (Wildman–Crippen MR) is 82.2 cm³/mol. The Morgan fingerprint density at radius 1 is 1.00 bits per heavy atom. The first kappa shape index (κ1) is 19.8. The average molecular weight is 320 g/mol. The molecule has 0 aromatic rings. The maximum Gasteiger partial charge on any atom is 0.186 e. The summed E-state index contributed by atoms with van der Waals surface area (Å²) in [5, 5.41) is 38.7. The Morgan fingerprint density at radius 2 is 1.68 bits per heavy atom. The van der Waals surface area contributed by atoms with Crippen molar-refractivity contribution in [2.45, 2.75) is 89.7 Å². The largest absolute Gasteiger partial charge is 0.394 e. The van der Waals surface area contributed by atoms with Crippen molar-refractivity contribution in [3.8, 4) is 0 Å². The van der Waals surface area contributed by atoms with E-state index in [0.29, 0.717) is 5.92 Å². The summed E-state index contributed by atoms with van der Waals surface area (Å²) in [6, 6.07) is 0. The van der Waals surface area contributed by atoms with Crippen LogP contribution < -0.4 is 0 Å². The third-order valence-corrected chi connectivity index (χ3v) is 4.55. The van der Waals surface area contributed by atoms with Crippen molar-refractivity contribution in [1.82, 2.24) is 0 Å². The molecule has 3 unspecified atom stereocenters. The second kappa shape index (κ2) is 9.80. The fourth-order valence-electron chi connectivity index (χ4n) is 2.64. The Balaban J connectivity index is 2.50. The van der Waals surface area contributed by atoms with Crippen LogP contribution in [0.4, 0.5) is 0 Å². The minimum absolute atomic E-state index is 0.0782. The molecule has 6 nitrogen and oxygen atoms in total. The third kappa shape index (κ3) is 5.44. The van der Waals surface area contributed by atoms with Crippen LogP contribution in [0.1, 0.15) is 52.9 Å². The van der Waals surface area contributed by atoms with Gasteiger partial charge in [0.1, 0.15) is 24.4 Å². The average Bonchev–Trinajstić information content (AvgIpc) is 2.53. The molecular formula is C16H32O6. The van der Waals surface area contributed by atoms with E-state index in [1.807, 2.05) is 6.92 Å². The molecule has 0 aliphatic carbocycles. The van der Waals surface area contributed by atoms with Gasteiger partial charge < -0.3 is 29.9 Å². The number of rotatable bonds is 9. The summed E-state index contributed by atoms with van der Waals surface area (Å²) in [5.41, 5.74) is 0. The second-order valence-electron chi connectivity index (χ2n) is 6.31. The molecule has 0 spiro atoms. The van der Waals surface area contributed by atoms with Crippen LogP contribution in [0.15, 0.2) is 0 Å². The van der Waals surface area contributed by atoms with Crippen LogP contribution in [0.3, 0.4) is 0 Å². The van der Waals surface area contributed by atoms with Crippen molar-refractivity contribution >= 4 is 0 Å². The van der Waals surface area contributed by atoms with Gasteiger partial charge in [-0.25, -0.2) is 0 Å². The standard InChI is InChI=1S/C16H32O6/c1-4-10(3)7-6-8-11(5-2)21-16-15(20)14(19)13(18)12(9-17)22-16/h10-20H,4-9H2,1-3H3/t10?,11?,12-,13-,14+,15-,16?/m1/s1. The molecule has 1 rings (SSSR count). The summed E-state index contributed by atoms with van der Waals surface area (Å²) in [4.78, 5) is 0. The van der Waals surface area contributed by atoms with Gasteiger partial charge in [-0.3, -0.25) is 0 Å². The molecule has 7 atom stereocenters. The molecular weight excluding hydrogens is 288 g/mol. The number of aliphatic hydroxyl groups excluding tert-OH is 4.